The zero-order chi connectivity index (χ0) is 15.6. The number of amides is 1. The third-order valence-electron chi connectivity index (χ3n) is 5.45. The van der Waals surface area contributed by atoms with Gasteiger partial charge < -0.3 is 15.4 Å². The molecule has 0 bridgehead atoms. The highest BCUT2D eigenvalue weighted by Gasteiger charge is 2.38. The summed E-state index contributed by atoms with van der Waals surface area (Å²) in [5.41, 5.74) is 0. The Balaban J connectivity index is 1.40. The minimum Gasteiger partial charge on any atom is -0.378 e. The Morgan fingerprint density at radius 2 is 2.26 bits per heavy atom. The number of carbonyl (C=O) groups excluding carboxylic acids is 1. The van der Waals surface area contributed by atoms with Crippen molar-refractivity contribution in [3.63, 3.8) is 0 Å². The SMILES string of the molecule is O=C(N[C@@H]1CCC[C@@H]2OCC[C@@H]21)c1ncn([C@@H]2CCCNC2)n1. The van der Waals surface area contributed by atoms with Crippen molar-refractivity contribution < 1.29 is 9.53 Å². The van der Waals surface area contributed by atoms with E-state index in [1.54, 1.807) is 6.33 Å². The Hall–Kier alpha value is -1.47. The van der Waals surface area contributed by atoms with Crippen molar-refractivity contribution >= 4 is 5.91 Å². The number of rotatable bonds is 3. The van der Waals surface area contributed by atoms with Gasteiger partial charge in [-0.2, -0.15) is 0 Å². The highest BCUT2D eigenvalue weighted by Crippen LogP contribution is 2.34. The second-order valence-electron chi connectivity index (χ2n) is 6.92. The van der Waals surface area contributed by atoms with E-state index in [0.717, 1.165) is 58.2 Å². The number of hydrogen-bond acceptors (Lipinski definition) is 5. The number of ether oxygens (including phenoxy) is 1. The van der Waals surface area contributed by atoms with Crippen molar-refractivity contribution in [1.82, 2.24) is 25.4 Å². The third-order valence-corrected chi connectivity index (χ3v) is 5.45. The molecule has 0 spiro atoms. The molecular formula is C16H25N5O2. The molecule has 1 amide bonds. The predicted octanol–water partition coefficient (Wildman–Crippen LogP) is 0.890. The normalized spacial score (nSPS) is 34.1. The first-order valence-corrected chi connectivity index (χ1v) is 8.85. The average molecular weight is 319 g/mol. The van der Waals surface area contributed by atoms with E-state index in [4.69, 9.17) is 4.74 Å². The topological polar surface area (TPSA) is 81.1 Å². The van der Waals surface area contributed by atoms with Crippen LogP contribution in [0.3, 0.4) is 0 Å². The second-order valence-corrected chi connectivity index (χ2v) is 6.92. The number of carbonyl (C=O) groups is 1. The lowest BCUT2D eigenvalue weighted by molar-refractivity contribution is 0.0508. The Morgan fingerprint density at radius 3 is 3.13 bits per heavy atom. The van der Waals surface area contributed by atoms with Gasteiger partial charge in [0.05, 0.1) is 12.1 Å². The molecule has 1 aromatic heterocycles. The van der Waals surface area contributed by atoms with Crippen LogP contribution in [-0.4, -0.2) is 52.5 Å². The molecule has 1 saturated carbocycles. The summed E-state index contributed by atoms with van der Waals surface area (Å²) in [7, 11) is 0. The Bertz CT molecular complexity index is 554. The van der Waals surface area contributed by atoms with Gasteiger partial charge in [-0.3, -0.25) is 4.79 Å². The van der Waals surface area contributed by atoms with Crippen LogP contribution in [0, 0.1) is 5.92 Å². The maximum absolute atomic E-state index is 12.5. The molecule has 126 valence electrons. The summed E-state index contributed by atoms with van der Waals surface area (Å²) >= 11 is 0. The fraction of sp³-hybridized carbons (Fsp3) is 0.812. The molecule has 4 rings (SSSR count). The summed E-state index contributed by atoms with van der Waals surface area (Å²) < 4.78 is 7.60. The van der Waals surface area contributed by atoms with Crippen molar-refractivity contribution in [3.05, 3.63) is 12.2 Å². The minimum atomic E-state index is -0.148. The van der Waals surface area contributed by atoms with Crippen LogP contribution in [0.4, 0.5) is 0 Å². The van der Waals surface area contributed by atoms with Crippen molar-refractivity contribution in [3.8, 4) is 0 Å². The van der Waals surface area contributed by atoms with E-state index in [0.29, 0.717) is 18.1 Å². The number of aromatic nitrogens is 3. The van der Waals surface area contributed by atoms with Gasteiger partial charge in [-0.05, 0) is 45.1 Å². The van der Waals surface area contributed by atoms with Crippen molar-refractivity contribution in [2.45, 2.75) is 56.7 Å². The van der Waals surface area contributed by atoms with E-state index >= 15 is 0 Å². The molecule has 3 fully saturated rings. The highest BCUT2D eigenvalue weighted by atomic mass is 16.5. The molecule has 1 aliphatic carbocycles. The second kappa shape index (κ2) is 6.57. The maximum atomic E-state index is 12.5. The molecule has 0 unspecified atom stereocenters. The van der Waals surface area contributed by atoms with E-state index < -0.39 is 0 Å². The third kappa shape index (κ3) is 3.12. The number of piperidine rings is 1. The zero-order valence-electron chi connectivity index (χ0n) is 13.4. The van der Waals surface area contributed by atoms with Crippen LogP contribution in [0.5, 0.6) is 0 Å². The molecule has 7 nitrogen and oxygen atoms in total. The molecule has 7 heteroatoms. The fourth-order valence-electron chi connectivity index (χ4n) is 4.20. The van der Waals surface area contributed by atoms with Gasteiger partial charge in [0.15, 0.2) is 0 Å². The van der Waals surface area contributed by atoms with Gasteiger partial charge in [-0.1, -0.05) is 0 Å². The minimum absolute atomic E-state index is 0.148. The summed E-state index contributed by atoms with van der Waals surface area (Å²) in [6.07, 6.45) is 8.55. The summed E-state index contributed by atoms with van der Waals surface area (Å²) in [5, 5.41) is 10.9. The largest absolute Gasteiger partial charge is 0.378 e. The first kappa shape index (κ1) is 15.1. The van der Waals surface area contributed by atoms with E-state index in [1.807, 2.05) is 4.68 Å². The van der Waals surface area contributed by atoms with Crippen molar-refractivity contribution in [1.29, 1.82) is 0 Å². The summed E-state index contributed by atoms with van der Waals surface area (Å²) in [6, 6.07) is 0.507. The van der Waals surface area contributed by atoms with Gasteiger partial charge in [0.25, 0.3) is 5.91 Å². The van der Waals surface area contributed by atoms with E-state index in [9.17, 15) is 4.79 Å². The Kier molecular flexibility index (Phi) is 4.31. The molecule has 3 aliphatic rings. The summed E-state index contributed by atoms with van der Waals surface area (Å²) in [6.45, 7) is 2.78. The van der Waals surface area contributed by atoms with Gasteiger partial charge in [-0.25, -0.2) is 9.67 Å². The molecule has 0 radical (unpaired) electrons. The smallest absolute Gasteiger partial charge is 0.291 e. The number of hydrogen-bond donors (Lipinski definition) is 2. The highest BCUT2D eigenvalue weighted by molar-refractivity contribution is 5.90. The molecule has 3 heterocycles. The lowest BCUT2D eigenvalue weighted by atomic mass is 9.82. The monoisotopic (exact) mass is 319 g/mol. The molecule has 2 N–H and O–H groups in total. The van der Waals surface area contributed by atoms with Crippen LogP contribution in [0.2, 0.25) is 0 Å². The number of nitrogens with zero attached hydrogens (tertiary/aromatic N) is 3. The van der Waals surface area contributed by atoms with Crippen LogP contribution < -0.4 is 10.6 Å². The quantitative estimate of drug-likeness (QED) is 0.865. The Morgan fingerprint density at radius 1 is 1.30 bits per heavy atom. The van der Waals surface area contributed by atoms with Crippen LogP contribution in [0.1, 0.15) is 55.2 Å². The first-order chi connectivity index (χ1) is 11.3. The van der Waals surface area contributed by atoms with E-state index in [-0.39, 0.29) is 17.8 Å². The van der Waals surface area contributed by atoms with E-state index in [2.05, 4.69) is 20.7 Å². The molecule has 0 aromatic carbocycles. The lowest BCUT2D eigenvalue weighted by Crippen LogP contribution is -2.46. The Labute approximate surface area is 136 Å². The van der Waals surface area contributed by atoms with Crippen LogP contribution in [0.25, 0.3) is 0 Å². The molecule has 2 saturated heterocycles. The van der Waals surface area contributed by atoms with Crippen LogP contribution in [0.15, 0.2) is 6.33 Å². The van der Waals surface area contributed by atoms with Crippen molar-refractivity contribution in [2.24, 2.45) is 5.92 Å². The fourth-order valence-corrected chi connectivity index (χ4v) is 4.20. The van der Waals surface area contributed by atoms with E-state index in [1.165, 1.54) is 0 Å². The molecule has 1 aromatic rings. The standard InChI is InChI=1S/C16H25N5O2/c22-16(19-13-4-1-5-14-12(13)6-8-23-14)15-18-10-21(20-15)11-3-2-7-17-9-11/h10-14,17H,1-9H2,(H,19,22)/t11-,12-,13-,14+/m1/s1. The lowest BCUT2D eigenvalue weighted by Gasteiger charge is -2.32. The average Bonchev–Trinajstić information content (AvgIpc) is 3.25. The maximum Gasteiger partial charge on any atom is 0.291 e. The first-order valence-electron chi connectivity index (χ1n) is 8.85. The summed E-state index contributed by atoms with van der Waals surface area (Å²) in [5.74, 6) is 0.596. The number of nitrogens with one attached hydrogen (secondary N) is 2. The molecular weight excluding hydrogens is 294 g/mol. The summed E-state index contributed by atoms with van der Waals surface area (Å²) in [4.78, 5) is 16.7. The van der Waals surface area contributed by atoms with Gasteiger partial charge in [0, 0.05) is 25.1 Å². The van der Waals surface area contributed by atoms with Crippen LogP contribution in [-0.2, 0) is 4.74 Å². The molecule has 23 heavy (non-hydrogen) atoms. The number of fused-ring (bicyclic) bond motifs is 1. The van der Waals surface area contributed by atoms with Crippen molar-refractivity contribution in [2.75, 3.05) is 19.7 Å². The zero-order valence-corrected chi connectivity index (χ0v) is 13.4. The van der Waals surface area contributed by atoms with Gasteiger partial charge in [0.2, 0.25) is 5.82 Å². The van der Waals surface area contributed by atoms with Crippen LogP contribution >= 0.6 is 0 Å². The van der Waals surface area contributed by atoms with Gasteiger partial charge >= 0.3 is 0 Å². The predicted molar refractivity (Wildman–Crippen MR) is 84.1 cm³/mol. The van der Waals surface area contributed by atoms with Gasteiger partial charge in [-0.15, -0.1) is 5.10 Å². The van der Waals surface area contributed by atoms with Gasteiger partial charge in [0.1, 0.15) is 6.33 Å². The molecule has 4 atom stereocenters. The molecule has 2 aliphatic heterocycles.